The summed E-state index contributed by atoms with van der Waals surface area (Å²) < 4.78 is 11.9. The Labute approximate surface area is 197 Å². The van der Waals surface area contributed by atoms with Gasteiger partial charge in [0.1, 0.15) is 5.60 Å². The lowest BCUT2D eigenvalue weighted by Crippen LogP contribution is -2.58. The minimum Gasteiger partial charge on any atom is -0.493 e. The summed E-state index contributed by atoms with van der Waals surface area (Å²) in [4.78, 5) is 16.0. The van der Waals surface area contributed by atoms with Crippen LogP contribution in [0.5, 0.6) is 11.5 Å². The number of β-amino-alcohol motifs (C(OH)–C–C–N with tert-alkyl or cyclic N) is 1. The fourth-order valence-corrected chi connectivity index (χ4v) is 5.00. The number of anilines is 1. The molecule has 1 aliphatic carbocycles. The number of hydrogen-bond acceptors (Lipinski definition) is 6. The summed E-state index contributed by atoms with van der Waals surface area (Å²) in [6, 6.07) is 16.8. The Bertz CT molecular complexity index is 912. The fraction of sp³-hybridized carbons (Fsp3) is 0.519. The van der Waals surface area contributed by atoms with Crippen LogP contribution in [0.4, 0.5) is 5.69 Å². The number of carbonyl (C=O) groups excluding carboxylic acids is 1. The lowest BCUT2D eigenvalue weighted by molar-refractivity contribution is -0.125. The molecule has 0 spiro atoms. The van der Waals surface area contributed by atoms with Crippen LogP contribution in [0, 0.1) is 0 Å². The quantitative estimate of drug-likeness (QED) is 0.586. The number of aldehydes is 1. The standard InChI is InChI=1S/C27H36N2O4/c1-27(31,20-30)19-29-15-14-28(18-23(29)16-21-8-4-3-5-9-21)22-12-13-25(32-2)26(17-22)33-24-10-6-7-11-24/h3-5,8-9,12-13,17,20,23-24,31H,6-7,10-11,14-16,18-19H2,1-2H3/t23?,27-/m0/s1. The molecule has 1 N–H and O–H groups in total. The molecule has 1 aliphatic heterocycles. The minimum absolute atomic E-state index is 0.175. The van der Waals surface area contributed by atoms with E-state index in [-0.39, 0.29) is 12.1 Å². The number of nitrogens with zero attached hydrogens (tertiary/aromatic N) is 2. The Morgan fingerprint density at radius 2 is 1.85 bits per heavy atom. The van der Waals surface area contributed by atoms with Gasteiger partial charge in [-0.25, -0.2) is 0 Å². The molecule has 178 valence electrons. The third-order valence-electron chi connectivity index (χ3n) is 6.80. The van der Waals surface area contributed by atoms with Crippen LogP contribution in [-0.2, 0) is 11.2 Å². The van der Waals surface area contributed by atoms with Crippen molar-refractivity contribution in [1.82, 2.24) is 4.90 Å². The molecule has 1 saturated heterocycles. The number of piperazine rings is 1. The molecule has 0 aromatic heterocycles. The highest BCUT2D eigenvalue weighted by atomic mass is 16.5. The Kier molecular flexibility index (Phi) is 7.56. The number of methoxy groups -OCH3 is 1. The van der Waals surface area contributed by atoms with Crippen LogP contribution < -0.4 is 14.4 Å². The largest absolute Gasteiger partial charge is 0.493 e. The van der Waals surface area contributed by atoms with Crippen molar-refractivity contribution in [1.29, 1.82) is 0 Å². The number of aliphatic hydroxyl groups is 1. The van der Waals surface area contributed by atoms with Gasteiger partial charge < -0.3 is 24.3 Å². The molecular formula is C27H36N2O4. The molecule has 0 amide bonds. The molecule has 2 aromatic carbocycles. The van der Waals surface area contributed by atoms with E-state index in [1.165, 1.54) is 18.4 Å². The molecule has 1 saturated carbocycles. The SMILES string of the molecule is COc1ccc(N2CCN(C[C@](C)(O)C=O)C(Cc3ccccc3)C2)cc1OC1CCCC1. The number of carbonyl (C=O) groups is 1. The third kappa shape index (κ3) is 6.06. The average molecular weight is 453 g/mol. The molecule has 0 bridgehead atoms. The van der Waals surface area contributed by atoms with Crippen molar-refractivity contribution >= 4 is 12.0 Å². The van der Waals surface area contributed by atoms with E-state index >= 15 is 0 Å². The van der Waals surface area contributed by atoms with Gasteiger partial charge in [0.2, 0.25) is 0 Å². The van der Waals surface area contributed by atoms with Gasteiger partial charge in [-0.1, -0.05) is 30.3 Å². The van der Waals surface area contributed by atoms with Gasteiger partial charge in [-0.05, 0) is 56.7 Å². The molecule has 1 heterocycles. The first-order chi connectivity index (χ1) is 16.0. The number of ether oxygens (including phenoxy) is 2. The number of rotatable bonds is 9. The highest BCUT2D eigenvalue weighted by molar-refractivity contribution is 5.61. The summed E-state index contributed by atoms with van der Waals surface area (Å²) in [6.07, 6.45) is 6.41. The molecular weight excluding hydrogens is 416 g/mol. The zero-order valence-electron chi connectivity index (χ0n) is 19.8. The van der Waals surface area contributed by atoms with Crippen LogP contribution in [0.3, 0.4) is 0 Å². The molecule has 4 rings (SSSR count). The summed E-state index contributed by atoms with van der Waals surface area (Å²) in [7, 11) is 1.68. The van der Waals surface area contributed by atoms with Crippen LogP contribution in [0.25, 0.3) is 0 Å². The van der Waals surface area contributed by atoms with Crippen molar-refractivity contribution in [3.8, 4) is 11.5 Å². The van der Waals surface area contributed by atoms with E-state index in [0.29, 0.717) is 12.8 Å². The van der Waals surface area contributed by atoms with E-state index in [1.807, 2.05) is 12.1 Å². The summed E-state index contributed by atoms with van der Waals surface area (Å²) >= 11 is 0. The van der Waals surface area contributed by atoms with Crippen LogP contribution >= 0.6 is 0 Å². The first-order valence-electron chi connectivity index (χ1n) is 12.0. The second kappa shape index (κ2) is 10.6. The van der Waals surface area contributed by atoms with Crippen molar-refractivity contribution in [3.05, 3.63) is 54.1 Å². The van der Waals surface area contributed by atoms with Gasteiger partial charge in [-0.3, -0.25) is 4.90 Å². The van der Waals surface area contributed by atoms with Crippen LogP contribution in [-0.4, -0.2) is 67.3 Å². The summed E-state index contributed by atoms with van der Waals surface area (Å²) in [5.74, 6) is 1.58. The molecule has 2 aromatic rings. The second-order valence-electron chi connectivity index (χ2n) is 9.59. The topological polar surface area (TPSA) is 62.2 Å². The predicted molar refractivity (Wildman–Crippen MR) is 130 cm³/mol. The Balaban J connectivity index is 1.54. The van der Waals surface area contributed by atoms with Gasteiger partial charge in [0, 0.05) is 44.0 Å². The first kappa shape index (κ1) is 23.6. The Hall–Kier alpha value is -2.57. The lowest BCUT2D eigenvalue weighted by Gasteiger charge is -2.44. The number of benzene rings is 2. The summed E-state index contributed by atoms with van der Waals surface area (Å²) in [5, 5.41) is 10.4. The van der Waals surface area contributed by atoms with E-state index in [4.69, 9.17) is 9.47 Å². The molecule has 1 unspecified atom stereocenters. The predicted octanol–water partition coefficient (Wildman–Crippen LogP) is 3.70. The minimum atomic E-state index is -1.35. The summed E-state index contributed by atoms with van der Waals surface area (Å²) in [5.41, 5.74) is 1.02. The maximum atomic E-state index is 11.4. The molecule has 0 radical (unpaired) electrons. The van der Waals surface area contributed by atoms with Crippen molar-refractivity contribution in [3.63, 3.8) is 0 Å². The zero-order chi connectivity index (χ0) is 23.3. The molecule has 2 aliphatic rings. The lowest BCUT2D eigenvalue weighted by atomic mass is 9.99. The maximum absolute atomic E-state index is 11.4. The van der Waals surface area contributed by atoms with Gasteiger partial charge in [-0.2, -0.15) is 0 Å². The fourth-order valence-electron chi connectivity index (χ4n) is 5.00. The van der Waals surface area contributed by atoms with Crippen LogP contribution in [0.2, 0.25) is 0 Å². The smallest absolute Gasteiger partial charge is 0.163 e. The van der Waals surface area contributed by atoms with Crippen molar-refractivity contribution in [2.24, 2.45) is 0 Å². The van der Waals surface area contributed by atoms with Gasteiger partial charge >= 0.3 is 0 Å². The third-order valence-corrected chi connectivity index (χ3v) is 6.80. The van der Waals surface area contributed by atoms with Gasteiger partial charge in [-0.15, -0.1) is 0 Å². The molecule has 6 heteroatoms. The van der Waals surface area contributed by atoms with E-state index in [1.54, 1.807) is 14.0 Å². The molecule has 33 heavy (non-hydrogen) atoms. The molecule has 2 atom stereocenters. The van der Waals surface area contributed by atoms with Gasteiger partial charge in [0.25, 0.3) is 0 Å². The van der Waals surface area contributed by atoms with Crippen molar-refractivity contribution < 1.29 is 19.4 Å². The first-order valence-corrected chi connectivity index (χ1v) is 12.0. The van der Waals surface area contributed by atoms with Crippen LogP contribution in [0.1, 0.15) is 38.2 Å². The normalized spacial score (nSPS) is 21.5. The van der Waals surface area contributed by atoms with E-state index in [0.717, 1.165) is 56.1 Å². The van der Waals surface area contributed by atoms with Crippen molar-refractivity contribution in [2.75, 3.05) is 38.2 Å². The Morgan fingerprint density at radius 3 is 2.55 bits per heavy atom. The Morgan fingerprint density at radius 1 is 1.09 bits per heavy atom. The van der Waals surface area contributed by atoms with Crippen molar-refractivity contribution in [2.45, 2.75) is 56.8 Å². The molecule has 6 nitrogen and oxygen atoms in total. The van der Waals surface area contributed by atoms with E-state index in [9.17, 15) is 9.90 Å². The van der Waals surface area contributed by atoms with E-state index < -0.39 is 5.60 Å². The number of hydrogen-bond donors (Lipinski definition) is 1. The zero-order valence-corrected chi connectivity index (χ0v) is 19.8. The summed E-state index contributed by atoms with van der Waals surface area (Å²) in [6.45, 7) is 4.31. The van der Waals surface area contributed by atoms with Gasteiger partial charge in [0.05, 0.1) is 13.2 Å². The second-order valence-corrected chi connectivity index (χ2v) is 9.59. The molecule has 2 fully saturated rings. The highest BCUT2D eigenvalue weighted by Gasteiger charge is 2.33. The average Bonchev–Trinajstić information content (AvgIpc) is 3.34. The highest BCUT2D eigenvalue weighted by Crippen LogP contribution is 2.36. The van der Waals surface area contributed by atoms with E-state index in [2.05, 4.69) is 46.2 Å². The van der Waals surface area contributed by atoms with Crippen LogP contribution in [0.15, 0.2) is 48.5 Å². The van der Waals surface area contributed by atoms with Gasteiger partial charge in [0.15, 0.2) is 17.8 Å². The monoisotopic (exact) mass is 452 g/mol. The maximum Gasteiger partial charge on any atom is 0.163 e.